The second kappa shape index (κ2) is 9.49. The Bertz CT molecular complexity index is 1040. The molecule has 6 nitrogen and oxygen atoms in total. The van der Waals surface area contributed by atoms with E-state index in [-0.39, 0.29) is 28.5 Å². The molecule has 1 N–H and O–H groups in total. The lowest BCUT2D eigenvalue weighted by molar-refractivity contribution is -0.139. The van der Waals surface area contributed by atoms with Crippen LogP contribution in [0.3, 0.4) is 0 Å². The van der Waals surface area contributed by atoms with Gasteiger partial charge >= 0.3 is 0 Å². The van der Waals surface area contributed by atoms with Gasteiger partial charge in [0.05, 0.1) is 23.7 Å². The minimum absolute atomic E-state index is 0.0957. The molecule has 1 saturated heterocycles. The normalized spacial score (nSPS) is 18.1. The summed E-state index contributed by atoms with van der Waals surface area (Å²) in [6, 6.07) is 9.34. The van der Waals surface area contributed by atoms with Crippen LogP contribution >= 0.6 is 11.6 Å². The molecular formula is C23H24ClFN2O4. The van der Waals surface area contributed by atoms with Gasteiger partial charge in [0.2, 0.25) is 0 Å². The molecule has 1 atom stereocenters. The zero-order valence-electron chi connectivity index (χ0n) is 17.6. The Balaban J connectivity index is 2.11. The predicted molar refractivity (Wildman–Crippen MR) is 117 cm³/mol. The van der Waals surface area contributed by atoms with Gasteiger partial charge in [0.15, 0.2) is 0 Å². The quantitative estimate of drug-likeness (QED) is 0.397. The minimum Gasteiger partial charge on any atom is -0.507 e. The second-order valence-electron chi connectivity index (χ2n) is 7.55. The van der Waals surface area contributed by atoms with Crippen LogP contribution < -0.4 is 4.74 Å². The number of nitrogens with zero attached hydrogens (tertiary/aromatic N) is 2. The van der Waals surface area contributed by atoms with E-state index in [1.165, 1.54) is 36.3 Å². The van der Waals surface area contributed by atoms with E-state index in [1.807, 2.05) is 19.0 Å². The number of ketones is 1. The highest BCUT2D eigenvalue weighted by atomic mass is 35.5. The Morgan fingerprint density at radius 1 is 1.23 bits per heavy atom. The van der Waals surface area contributed by atoms with Crippen molar-refractivity contribution in [2.24, 2.45) is 0 Å². The van der Waals surface area contributed by atoms with Gasteiger partial charge < -0.3 is 19.6 Å². The minimum atomic E-state index is -0.904. The summed E-state index contributed by atoms with van der Waals surface area (Å²) in [4.78, 5) is 29.1. The molecule has 3 rings (SSSR count). The maximum atomic E-state index is 14.0. The molecule has 8 heteroatoms. The van der Waals surface area contributed by atoms with Gasteiger partial charge in [0, 0.05) is 12.1 Å². The fourth-order valence-corrected chi connectivity index (χ4v) is 3.92. The molecule has 1 amide bonds. The Kier molecular flexibility index (Phi) is 6.97. The number of hydrogen-bond donors (Lipinski definition) is 1. The standard InChI is InChI=1S/C23H24ClFN2O4/c1-26(2)10-5-11-27-20(14-6-4-7-16(25)12-14)19(22(29)23(27)30)21(28)15-8-9-18(31-3)17(24)13-15/h4,6-9,12-13,20,28H,5,10-11H2,1-3H3/t20-/m1/s1. The van der Waals surface area contributed by atoms with Crippen LogP contribution in [-0.2, 0) is 9.59 Å². The van der Waals surface area contributed by atoms with Gasteiger partial charge in [0.25, 0.3) is 11.7 Å². The van der Waals surface area contributed by atoms with Gasteiger partial charge in [-0.2, -0.15) is 0 Å². The van der Waals surface area contributed by atoms with Crippen molar-refractivity contribution in [1.82, 2.24) is 9.80 Å². The molecule has 0 aromatic heterocycles. The number of methoxy groups -OCH3 is 1. The lowest BCUT2D eigenvalue weighted by Crippen LogP contribution is -2.32. The van der Waals surface area contributed by atoms with Crippen LogP contribution in [0.5, 0.6) is 5.75 Å². The lowest BCUT2D eigenvalue weighted by atomic mass is 9.95. The van der Waals surface area contributed by atoms with Crippen LogP contribution in [0, 0.1) is 5.82 Å². The number of benzene rings is 2. The smallest absolute Gasteiger partial charge is 0.295 e. The maximum absolute atomic E-state index is 14.0. The average molecular weight is 447 g/mol. The third-order valence-corrected chi connectivity index (χ3v) is 5.43. The Morgan fingerprint density at radius 2 is 1.97 bits per heavy atom. The van der Waals surface area contributed by atoms with Crippen molar-refractivity contribution >= 4 is 29.1 Å². The Labute approximate surface area is 185 Å². The Morgan fingerprint density at radius 3 is 2.58 bits per heavy atom. The van der Waals surface area contributed by atoms with E-state index in [2.05, 4.69) is 0 Å². The van der Waals surface area contributed by atoms with Crippen molar-refractivity contribution in [1.29, 1.82) is 0 Å². The van der Waals surface area contributed by atoms with E-state index in [4.69, 9.17) is 16.3 Å². The van der Waals surface area contributed by atoms with E-state index >= 15 is 0 Å². The lowest BCUT2D eigenvalue weighted by Gasteiger charge is -2.26. The van der Waals surface area contributed by atoms with Gasteiger partial charge in [-0.3, -0.25) is 9.59 Å². The summed E-state index contributed by atoms with van der Waals surface area (Å²) in [6.45, 7) is 0.983. The number of hydrogen-bond acceptors (Lipinski definition) is 5. The summed E-state index contributed by atoms with van der Waals surface area (Å²) in [5.41, 5.74) is 0.574. The molecule has 31 heavy (non-hydrogen) atoms. The number of likely N-dealkylation sites (tertiary alicyclic amines) is 1. The Hall–Kier alpha value is -2.90. The molecule has 0 aliphatic carbocycles. The first kappa shape index (κ1) is 22.8. The number of amides is 1. The molecule has 2 aromatic carbocycles. The van der Waals surface area contributed by atoms with Crippen LogP contribution in [0.15, 0.2) is 48.0 Å². The molecule has 0 saturated carbocycles. The first-order valence-corrected chi connectivity index (χ1v) is 10.1. The van der Waals surface area contributed by atoms with Crippen molar-refractivity contribution in [3.05, 3.63) is 70.0 Å². The number of Topliss-reactive ketones (excluding diaryl/α,β-unsaturated/α-hetero) is 1. The largest absolute Gasteiger partial charge is 0.507 e. The third kappa shape index (κ3) is 4.73. The van der Waals surface area contributed by atoms with Gasteiger partial charge in [-0.25, -0.2) is 4.39 Å². The van der Waals surface area contributed by atoms with Crippen molar-refractivity contribution in [2.75, 3.05) is 34.3 Å². The van der Waals surface area contributed by atoms with Crippen LogP contribution in [0.25, 0.3) is 5.76 Å². The van der Waals surface area contributed by atoms with Crippen molar-refractivity contribution in [2.45, 2.75) is 12.5 Å². The highest BCUT2D eigenvalue weighted by Gasteiger charge is 2.45. The summed E-state index contributed by atoms with van der Waals surface area (Å²) in [5, 5.41) is 11.3. The number of aliphatic hydroxyl groups excluding tert-OH is 1. The highest BCUT2D eigenvalue weighted by Crippen LogP contribution is 2.40. The summed E-state index contributed by atoms with van der Waals surface area (Å²) in [5.74, 6) is -2.00. The van der Waals surface area contributed by atoms with Crippen molar-refractivity contribution in [3.8, 4) is 5.75 Å². The topological polar surface area (TPSA) is 70.1 Å². The van der Waals surface area contributed by atoms with E-state index in [1.54, 1.807) is 18.2 Å². The van der Waals surface area contributed by atoms with Gasteiger partial charge in [-0.05, 0) is 63.0 Å². The zero-order chi connectivity index (χ0) is 22.7. The first-order chi connectivity index (χ1) is 14.7. The third-order valence-electron chi connectivity index (χ3n) is 5.13. The average Bonchev–Trinajstić information content (AvgIpc) is 2.98. The molecule has 0 bridgehead atoms. The fraction of sp³-hybridized carbons (Fsp3) is 0.304. The van der Waals surface area contributed by atoms with Gasteiger partial charge in [-0.15, -0.1) is 0 Å². The molecule has 1 aliphatic heterocycles. The van der Waals surface area contributed by atoms with Gasteiger partial charge in [-0.1, -0.05) is 23.7 Å². The number of halogens is 2. The van der Waals surface area contributed by atoms with Crippen molar-refractivity contribution < 1.29 is 23.8 Å². The van der Waals surface area contributed by atoms with E-state index in [9.17, 15) is 19.1 Å². The summed E-state index contributed by atoms with van der Waals surface area (Å²) >= 11 is 6.17. The molecule has 0 spiro atoms. The molecule has 1 fully saturated rings. The van der Waals surface area contributed by atoms with E-state index < -0.39 is 23.5 Å². The maximum Gasteiger partial charge on any atom is 0.295 e. The monoisotopic (exact) mass is 446 g/mol. The highest BCUT2D eigenvalue weighted by molar-refractivity contribution is 6.46. The summed E-state index contributed by atoms with van der Waals surface area (Å²) in [6.07, 6.45) is 0.611. The number of carbonyl (C=O) groups is 2. The van der Waals surface area contributed by atoms with Gasteiger partial charge in [0.1, 0.15) is 17.3 Å². The van der Waals surface area contributed by atoms with Crippen LogP contribution in [0.4, 0.5) is 4.39 Å². The molecule has 0 radical (unpaired) electrons. The number of carbonyl (C=O) groups excluding carboxylic acids is 2. The first-order valence-electron chi connectivity index (χ1n) is 9.77. The molecule has 0 unspecified atom stereocenters. The number of ether oxygens (including phenoxy) is 1. The molecule has 164 valence electrons. The molecular weight excluding hydrogens is 423 g/mol. The van der Waals surface area contributed by atoms with Crippen molar-refractivity contribution in [3.63, 3.8) is 0 Å². The zero-order valence-corrected chi connectivity index (χ0v) is 18.3. The van der Waals surface area contributed by atoms with Crippen LogP contribution in [0.1, 0.15) is 23.6 Å². The fourth-order valence-electron chi connectivity index (χ4n) is 3.66. The summed E-state index contributed by atoms with van der Waals surface area (Å²) < 4.78 is 19.1. The second-order valence-corrected chi connectivity index (χ2v) is 7.96. The van der Waals surface area contributed by atoms with Crippen LogP contribution in [-0.4, -0.2) is 60.9 Å². The SMILES string of the molecule is COc1ccc(C(O)=C2C(=O)C(=O)N(CCCN(C)C)[C@@H]2c2cccc(F)c2)cc1Cl. The summed E-state index contributed by atoms with van der Waals surface area (Å²) in [7, 11) is 5.28. The van der Waals surface area contributed by atoms with E-state index in [0.29, 0.717) is 24.3 Å². The predicted octanol–water partition coefficient (Wildman–Crippen LogP) is 3.86. The number of aliphatic hydroxyl groups is 1. The molecule has 2 aromatic rings. The number of rotatable bonds is 7. The molecule has 1 heterocycles. The van der Waals surface area contributed by atoms with E-state index in [0.717, 1.165) is 0 Å². The molecule has 1 aliphatic rings. The van der Waals surface area contributed by atoms with Crippen LogP contribution in [0.2, 0.25) is 5.02 Å².